The second-order valence-electron chi connectivity index (χ2n) is 2.31. The van der Waals surface area contributed by atoms with Crippen molar-refractivity contribution >= 4 is 22.9 Å². The third-order valence-corrected chi connectivity index (χ3v) is 2.53. The molecule has 0 saturated heterocycles. The predicted molar refractivity (Wildman–Crippen MR) is 56.3 cm³/mol. The number of hydrogen-bond donors (Lipinski definition) is 0. The smallest absolute Gasteiger partial charge is 0.172 e. The van der Waals surface area contributed by atoms with Crippen molar-refractivity contribution in [3.63, 3.8) is 0 Å². The summed E-state index contributed by atoms with van der Waals surface area (Å²) in [5.41, 5.74) is 0. The Labute approximate surface area is 87.4 Å². The van der Waals surface area contributed by atoms with Crippen molar-refractivity contribution in [3.05, 3.63) is 10.8 Å². The SMILES string of the molecule is CC.ClCC1COc2cscc2O1. The van der Waals surface area contributed by atoms with Gasteiger partial charge in [0, 0.05) is 10.8 Å². The number of hydrogen-bond acceptors (Lipinski definition) is 3. The normalized spacial score (nSPS) is 18.8. The lowest BCUT2D eigenvalue weighted by molar-refractivity contribution is 0.108. The Hall–Kier alpha value is -0.410. The monoisotopic (exact) mass is 220 g/mol. The Morgan fingerprint density at radius 2 is 2.15 bits per heavy atom. The molecule has 1 unspecified atom stereocenters. The van der Waals surface area contributed by atoms with Crippen molar-refractivity contribution in [2.75, 3.05) is 12.5 Å². The zero-order valence-corrected chi connectivity index (χ0v) is 9.32. The molecule has 13 heavy (non-hydrogen) atoms. The summed E-state index contributed by atoms with van der Waals surface area (Å²) < 4.78 is 10.8. The summed E-state index contributed by atoms with van der Waals surface area (Å²) >= 11 is 7.19. The molecule has 1 aliphatic rings. The maximum absolute atomic E-state index is 5.61. The molecule has 0 fully saturated rings. The fraction of sp³-hybridized carbons (Fsp3) is 0.556. The molecule has 0 radical (unpaired) electrons. The molecule has 1 aliphatic heterocycles. The molecule has 2 nitrogen and oxygen atoms in total. The summed E-state index contributed by atoms with van der Waals surface area (Å²) in [7, 11) is 0. The molecule has 0 aliphatic carbocycles. The van der Waals surface area contributed by atoms with E-state index in [9.17, 15) is 0 Å². The van der Waals surface area contributed by atoms with E-state index >= 15 is 0 Å². The molecule has 0 N–H and O–H groups in total. The van der Waals surface area contributed by atoms with Crippen molar-refractivity contribution in [2.24, 2.45) is 0 Å². The number of ether oxygens (including phenoxy) is 2. The Kier molecular flexibility index (Phi) is 4.39. The van der Waals surface area contributed by atoms with E-state index in [-0.39, 0.29) is 6.10 Å². The summed E-state index contributed by atoms with van der Waals surface area (Å²) in [4.78, 5) is 0. The first-order valence-corrected chi connectivity index (χ1v) is 5.79. The van der Waals surface area contributed by atoms with Gasteiger partial charge < -0.3 is 9.47 Å². The number of halogens is 1. The van der Waals surface area contributed by atoms with Gasteiger partial charge in [-0.1, -0.05) is 13.8 Å². The molecule has 4 heteroatoms. The third-order valence-electron chi connectivity index (χ3n) is 1.48. The highest BCUT2D eigenvalue weighted by Crippen LogP contribution is 2.35. The highest BCUT2D eigenvalue weighted by Gasteiger charge is 2.20. The lowest BCUT2D eigenvalue weighted by Crippen LogP contribution is -2.29. The Bertz CT molecular complexity index is 250. The van der Waals surface area contributed by atoms with Crippen LogP contribution < -0.4 is 9.47 Å². The van der Waals surface area contributed by atoms with Crippen LogP contribution in [0.25, 0.3) is 0 Å². The molecule has 1 aromatic rings. The van der Waals surface area contributed by atoms with Crippen LogP contribution in [-0.2, 0) is 0 Å². The molecule has 74 valence electrons. The number of fused-ring (bicyclic) bond motifs is 1. The summed E-state index contributed by atoms with van der Waals surface area (Å²) in [5, 5.41) is 3.85. The summed E-state index contributed by atoms with van der Waals surface area (Å²) in [5.74, 6) is 2.15. The van der Waals surface area contributed by atoms with Gasteiger partial charge in [0.05, 0.1) is 5.88 Å². The maximum Gasteiger partial charge on any atom is 0.172 e. The van der Waals surface area contributed by atoms with Crippen LogP contribution in [0, 0.1) is 0 Å². The predicted octanol–water partition coefficient (Wildman–Crippen LogP) is 3.15. The lowest BCUT2D eigenvalue weighted by Gasteiger charge is -2.22. The van der Waals surface area contributed by atoms with E-state index in [2.05, 4.69) is 0 Å². The molecular weight excluding hydrogens is 208 g/mol. The van der Waals surface area contributed by atoms with E-state index in [1.54, 1.807) is 11.3 Å². The van der Waals surface area contributed by atoms with Crippen molar-refractivity contribution in [3.8, 4) is 11.5 Å². The molecule has 2 rings (SSSR count). The van der Waals surface area contributed by atoms with Gasteiger partial charge in [-0.15, -0.1) is 22.9 Å². The van der Waals surface area contributed by atoms with Crippen LogP contribution in [0.4, 0.5) is 0 Å². The van der Waals surface area contributed by atoms with E-state index in [0.29, 0.717) is 12.5 Å². The summed E-state index contributed by atoms with van der Waals surface area (Å²) in [6, 6.07) is 0. The van der Waals surface area contributed by atoms with Gasteiger partial charge in [-0.05, 0) is 0 Å². The molecule has 2 heterocycles. The zero-order valence-electron chi connectivity index (χ0n) is 7.75. The maximum atomic E-state index is 5.61. The standard InChI is InChI=1S/C7H7ClO2S.C2H6/c8-1-5-2-9-6-3-11-4-7(6)10-5;1-2/h3-5H,1-2H2;1-2H3. The molecule has 0 spiro atoms. The topological polar surface area (TPSA) is 18.5 Å². The van der Waals surface area contributed by atoms with E-state index < -0.39 is 0 Å². The van der Waals surface area contributed by atoms with Crippen molar-refractivity contribution in [2.45, 2.75) is 20.0 Å². The van der Waals surface area contributed by atoms with Gasteiger partial charge in [0.15, 0.2) is 11.5 Å². The van der Waals surface area contributed by atoms with Gasteiger partial charge in [0.2, 0.25) is 0 Å². The van der Waals surface area contributed by atoms with Crippen LogP contribution in [0.3, 0.4) is 0 Å². The molecule has 1 aromatic heterocycles. The minimum absolute atomic E-state index is 0.0127. The minimum Gasteiger partial charge on any atom is -0.485 e. The highest BCUT2D eigenvalue weighted by molar-refractivity contribution is 7.08. The number of rotatable bonds is 1. The second-order valence-corrected chi connectivity index (χ2v) is 3.36. The summed E-state index contributed by atoms with van der Waals surface area (Å²) in [6.45, 7) is 4.56. The van der Waals surface area contributed by atoms with Gasteiger partial charge in [-0.3, -0.25) is 0 Å². The summed E-state index contributed by atoms with van der Waals surface area (Å²) in [6.07, 6.45) is 0.0127. The van der Waals surface area contributed by atoms with Crippen molar-refractivity contribution in [1.29, 1.82) is 0 Å². The average molecular weight is 221 g/mol. The molecular formula is C9H13ClO2S. The zero-order chi connectivity index (χ0) is 9.68. The molecule has 0 saturated carbocycles. The van der Waals surface area contributed by atoms with Gasteiger partial charge >= 0.3 is 0 Å². The van der Waals surface area contributed by atoms with Crippen LogP contribution in [0.1, 0.15) is 13.8 Å². The van der Waals surface area contributed by atoms with Gasteiger partial charge in [-0.25, -0.2) is 0 Å². The largest absolute Gasteiger partial charge is 0.485 e. The van der Waals surface area contributed by atoms with Crippen LogP contribution in [0.5, 0.6) is 11.5 Å². The quantitative estimate of drug-likeness (QED) is 0.677. The van der Waals surface area contributed by atoms with Gasteiger partial charge in [-0.2, -0.15) is 0 Å². The van der Waals surface area contributed by atoms with Crippen molar-refractivity contribution < 1.29 is 9.47 Å². The van der Waals surface area contributed by atoms with Crippen LogP contribution in [0.15, 0.2) is 10.8 Å². The van der Waals surface area contributed by atoms with E-state index in [1.165, 1.54) is 0 Å². The highest BCUT2D eigenvalue weighted by atomic mass is 35.5. The first-order chi connectivity index (χ1) is 6.40. The lowest BCUT2D eigenvalue weighted by atomic mass is 10.4. The van der Waals surface area contributed by atoms with E-state index in [0.717, 1.165) is 11.5 Å². The Morgan fingerprint density at radius 1 is 1.46 bits per heavy atom. The third kappa shape index (κ3) is 2.51. The second kappa shape index (κ2) is 5.35. The average Bonchev–Trinajstić information content (AvgIpc) is 2.67. The minimum atomic E-state index is 0.0127. The van der Waals surface area contributed by atoms with Crippen LogP contribution in [0.2, 0.25) is 0 Å². The molecule has 0 aromatic carbocycles. The Morgan fingerprint density at radius 3 is 2.85 bits per heavy atom. The number of alkyl halides is 1. The Balaban J connectivity index is 0.000000396. The first kappa shape index (κ1) is 10.7. The molecule has 1 atom stereocenters. The van der Waals surface area contributed by atoms with Crippen molar-refractivity contribution in [1.82, 2.24) is 0 Å². The fourth-order valence-corrected chi connectivity index (χ4v) is 1.76. The first-order valence-electron chi connectivity index (χ1n) is 4.32. The van der Waals surface area contributed by atoms with Crippen LogP contribution >= 0.6 is 22.9 Å². The molecule has 0 bridgehead atoms. The fourth-order valence-electron chi connectivity index (χ4n) is 0.937. The number of thiophene rings is 1. The van der Waals surface area contributed by atoms with E-state index in [4.69, 9.17) is 21.1 Å². The van der Waals surface area contributed by atoms with Gasteiger partial charge in [0.25, 0.3) is 0 Å². The van der Waals surface area contributed by atoms with Gasteiger partial charge in [0.1, 0.15) is 12.7 Å². The van der Waals surface area contributed by atoms with Crippen LogP contribution in [-0.4, -0.2) is 18.6 Å². The molecule has 0 amide bonds. The van der Waals surface area contributed by atoms with E-state index in [1.807, 2.05) is 24.6 Å².